The third kappa shape index (κ3) is 9.79. The van der Waals surface area contributed by atoms with E-state index in [4.69, 9.17) is 38.4 Å². The lowest BCUT2D eigenvalue weighted by Gasteiger charge is -2.36. The zero-order valence-corrected chi connectivity index (χ0v) is 27.4. The molecular weight excluding hydrogens is 641 g/mol. The number of amides is 2. The van der Waals surface area contributed by atoms with Gasteiger partial charge in [-0.1, -0.05) is 90.3 Å². The Morgan fingerprint density at radius 1 is 0.894 bits per heavy atom. The lowest BCUT2D eigenvalue weighted by Crippen LogP contribution is -2.32. The van der Waals surface area contributed by atoms with Crippen molar-refractivity contribution in [1.82, 2.24) is 14.9 Å². The topological polar surface area (TPSA) is 141 Å². The first kappa shape index (κ1) is 34.4. The smallest absolute Gasteiger partial charge is 0.224 e. The molecule has 0 saturated carbocycles. The number of benzene rings is 3. The van der Waals surface area contributed by atoms with E-state index in [1.54, 1.807) is 23.0 Å². The van der Waals surface area contributed by atoms with E-state index in [1.807, 2.05) is 60.7 Å². The van der Waals surface area contributed by atoms with E-state index >= 15 is 0 Å². The average Bonchev–Trinajstić information content (AvgIpc) is 3.40. The summed E-state index contributed by atoms with van der Waals surface area (Å²) in [6.45, 7) is 0.817. The number of hydrogen-bond donors (Lipinski definition) is 4. The molecule has 248 valence electrons. The molecule has 47 heavy (non-hydrogen) atoms. The van der Waals surface area contributed by atoms with Gasteiger partial charge in [0, 0.05) is 31.4 Å². The van der Waals surface area contributed by atoms with Crippen LogP contribution < -0.4 is 16.4 Å². The standard InChI is InChI=1S/C35H39Cl2N5O5/c36-33-34(37)42(22-40-33)20-27-18-30(25-14-12-24(21-43)13-15-25)47-35(46-27)26-16-10-23(11-17-26)19-39-31(44)8-2-1-3-9-32(45)41-29-7-5-4-6-28(29)38/h4-7,10-17,22,27,30,35,43H,1-3,8-9,18-21,38H2,(H,39,44)(H,41,45)/t27-,30+,35+/m1/s1. The maximum Gasteiger partial charge on any atom is 0.224 e. The van der Waals surface area contributed by atoms with E-state index in [2.05, 4.69) is 15.6 Å². The van der Waals surface area contributed by atoms with Gasteiger partial charge in [0.2, 0.25) is 11.8 Å². The number of nitrogens with one attached hydrogen (secondary N) is 2. The van der Waals surface area contributed by atoms with Crippen LogP contribution in [0, 0.1) is 0 Å². The number of rotatable bonds is 14. The number of anilines is 2. The number of aliphatic hydroxyl groups is 1. The van der Waals surface area contributed by atoms with Crippen molar-refractivity contribution in [2.45, 2.75) is 76.7 Å². The van der Waals surface area contributed by atoms with Gasteiger partial charge in [-0.15, -0.1) is 0 Å². The van der Waals surface area contributed by atoms with Crippen molar-refractivity contribution in [3.63, 3.8) is 0 Å². The van der Waals surface area contributed by atoms with Crippen LogP contribution in [-0.4, -0.2) is 32.6 Å². The van der Waals surface area contributed by atoms with E-state index in [1.165, 1.54) is 0 Å². The minimum atomic E-state index is -0.634. The van der Waals surface area contributed by atoms with Crippen LogP contribution in [0.2, 0.25) is 10.3 Å². The quantitative estimate of drug-likeness (QED) is 0.0857. The number of imidazole rings is 1. The van der Waals surface area contributed by atoms with Gasteiger partial charge in [-0.05, 0) is 41.7 Å². The van der Waals surface area contributed by atoms with E-state index < -0.39 is 6.29 Å². The molecule has 3 aromatic carbocycles. The lowest BCUT2D eigenvalue weighted by atomic mass is 10.00. The highest BCUT2D eigenvalue weighted by Gasteiger charge is 2.33. The van der Waals surface area contributed by atoms with Gasteiger partial charge in [-0.3, -0.25) is 9.59 Å². The van der Waals surface area contributed by atoms with E-state index in [9.17, 15) is 14.7 Å². The van der Waals surface area contributed by atoms with Crippen molar-refractivity contribution in [2.24, 2.45) is 0 Å². The fourth-order valence-corrected chi connectivity index (χ4v) is 5.69. The number of nitrogen functional groups attached to an aromatic ring is 1. The summed E-state index contributed by atoms with van der Waals surface area (Å²) < 4.78 is 14.6. The van der Waals surface area contributed by atoms with E-state index in [-0.39, 0.29) is 35.8 Å². The van der Waals surface area contributed by atoms with Crippen LogP contribution in [0.25, 0.3) is 0 Å². The molecule has 5 rings (SSSR count). The number of carbonyl (C=O) groups excluding carboxylic acids is 2. The van der Waals surface area contributed by atoms with Crippen molar-refractivity contribution < 1.29 is 24.2 Å². The molecule has 3 atom stereocenters. The predicted molar refractivity (Wildman–Crippen MR) is 182 cm³/mol. The third-order valence-corrected chi connectivity index (χ3v) is 8.80. The molecule has 2 heterocycles. The van der Waals surface area contributed by atoms with E-state index in [0.717, 1.165) is 28.7 Å². The minimum absolute atomic E-state index is 0.0287. The number of aromatic nitrogens is 2. The van der Waals surface area contributed by atoms with Crippen molar-refractivity contribution in [1.29, 1.82) is 0 Å². The van der Waals surface area contributed by atoms with Gasteiger partial charge < -0.3 is 35.5 Å². The van der Waals surface area contributed by atoms with Crippen LogP contribution in [-0.2, 0) is 38.8 Å². The van der Waals surface area contributed by atoms with Crippen LogP contribution in [0.1, 0.15) is 73.2 Å². The molecule has 0 radical (unpaired) electrons. The second-order valence-electron chi connectivity index (χ2n) is 11.5. The number of hydrogen-bond acceptors (Lipinski definition) is 7. The van der Waals surface area contributed by atoms with Crippen molar-refractivity contribution in [2.75, 3.05) is 11.1 Å². The Kier molecular flexibility index (Phi) is 12.3. The van der Waals surface area contributed by atoms with Gasteiger partial charge in [0.15, 0.2) is 11.4 Å². The molecule has 0 bridgehead atoms. The summed E-state index contributed by atoms with van der Waals surface area (Å²) in [7, 11) is 0. The van der Waals surface area contributed by atoms with Crippen molar-refractivity contribution >= 4 is 46.4 Å². The minimum Gasteiger partial charge on any atom is -0.397 e. The summed E-state index contributed by atoms with van der Waals surface area (Å²) in [5, 5.41) is 15.8. The fraction of sp³-hybridized carbons (Fsp3) is 0.343. The Hall–Kier alpha value is -3.93. The van der Waals surface area contributed by atoms with Gasteiger partial charge >= 0.3 is 0 Å². The number of unbranched alkanes of at least 4 members (excludes halogenated alkanes) is 2. The molecule has 10 nitrogen and oxygen atoms in total. The number of nitrogens with zero attached hydrogens (tertiary/aromatic N) is 2. The number of aliphatic hydroxyl groups excluding tert-OH is 1. The summed E-state index contributed by atoms with van der Waals surface area (Å²) in [5.41, 5.74) is 10.6. The van der Waals surface area contributed by atoms with Crippen molar-refractivity contribution in [3.8, 4) is 0 Å². The second-order valence-corrected chi connectivity index (χ2v) is 12.3. The fourth-order valence-electron chi connectivity index (χ4n) is 5.38. The summed E-state index contributed by atoms with van der Waals surface area (Å²) in [6, 6.07) is 22.6. The largest absolute Gasteiger partial charge is 0.397 e. The normalized spacial score (nSPS) is 17.7. The zero-order chi connectivity index (χ0) is 33.2. The molecule has 1 saturated heterocycles. The Morgan fingerprint density at radius 3 is 2.26 bits per heavy atom. The molecule has 12 heteroatoms. The molecule has 2 amide bonds. The highest BCUT2D eigenvalue weighted by Crippen LogP contribution is 2.39. The molecule has 0 unspecified atom stereocenters. The molecule has 1 fully saturated rings. The number of carbonyl (C=O) groups is 2. The first-order valence-corrected chi connectivity index (χ1v) is 16.4. The van der Waals surface area contributed by atoms with Gasteiger partial charge in [-0.2, -0.15) is 0 Å². The van der Waals surface area contributed by atoms with Crippen LogP contribution >= 0.6 is 23.2 Å². The second kappa shape index (κ2) is 16.8. The van der Waals surface area contributed by atoms with Gasteiger partial charge in [-0.25, -0.2) is 4.98 Å². The third-order valence-electron chi connectivity index (χ3n) is 8.03. The SMILES string of the molecule is Nc1ccccc1NC(=O)CCCCCC(=O)NCc1ccc([C@H]2O[C@@H](Cn3cnc(Cl)c3Cl)C[C@@H](c3ccc(CO)cc3)O2)cc1. The molecule has 0 aliphatic carbocycles. The zero-order valence-electron chi connectivity index (χ0n) is 25.9. The first-order valence-electron chi connectivity index (χ1n) is 15.7. The van der Waals surface area contributed by atoms with Gasteiger partial charge in [0.1, 0.15) is 5.15 Å². The van der Waals surface area contributed by atoms with Gasteiger partial charge in [0.05, 0.1) is 43.1 Å². The molecule has 0 spiro atoms. The average molecular weight is 681 g/mol. The van der Waals surface area contributed by atoms with Crippen molar-refractivity contribution in [3.05, 3.63) is 112 Å². The molecular formula is C35H39Cl2N5O5. The number of ether oxygens (including phenoxy) is 2. The lowest BCUT2D eigenvalue weighted by molar-refractivity contribution is -0.252. The number of para-hydroxylation sites is 2. The number of halogens is 2. The molecule has 1 aliphatic heterocycles. The highest BCUT2D eigenvalue weighted by atomic mass is 35.5. The maximum absolute atomic E-state index is 12.4. The molecule has 1 aromatic heterocycles. The molecule has 1 aliphatic rings. The molecule has 4 aromatic rings. The summed E-state index contributed by atoms with van der Waals surface area (Å²) in [4.78, 5) is 28.7. The Balaban J connectivity index is 1.09. The number of nitrogens with two attached hydrogens (primary N) is 1. The summed E-state index contributed by atoms with van der Waals surface area (Å²) in [5.74, 6) is -0.124. The first-order chi connectivity index (χ1) is 22.8. The predicted octanol–water partition coefficient (Wildman–Crippen LogP) is 6.72. The summed E-state index contributed by atoms with van der Waals surface area (Å²) in [6.07, 6.45) is 3.98. The Labute approximate surface area is 284 Å². The highest BCUT2D eigenvalue weighted by molar-refractivity contribution is 6.40. The van der Waals surface area contributed by atoms with Crippen LogP contribution in [0.15, 0.2) is 79.1 Å². The van der Waals surface area contributed by atoms with Crippen LogP contribution in [0.3, 0.4) is 0 Å². The Bertz CT molecular complexity index is 1630. The van der Waals surface area contributed by atoms with Gasteiger partial charge in [0.25, 0.3) is 0 Å². The maximum atomic E-state index is 12.4. The Morgan fingerprint density at radius 2 is 1.57 bits per heavy atom. The van der Waals surface area contributed by atoms with Crippen LogP contribution in [0.4, 0.5) is 11.4 Å². The molecule has 5 N–H and O–H groups in total. The van der Waals surface area contributed by atoms with E-state index in [0.29, 0.717) is 61.7 Å². The summed E-state index contributed by atoms with van der Waals surface area (Å²) >= 11 is 12.4. The monoisotopic (exact) mass is 679 g/mol. The van der Waals surface area contributed by atoms with Crippen LogP contribution in [0.5, 0.6) is 0 Å².